The fourth-order valence-electron chi connectivity index (χ4n) is 4.11. The lowest BCUT2D eigenvalue weighted by molar-refractivity contribution is -0.139. The van der Waals surface area contributed by atoms with Crippen LogP contribution in [0.4, 0.5) is 0 Å². The van der Waals surface area contributed by atoms with E-state index in [0.717, 1.165) is 22.0 Å². The number of ether oxygens (including phenoxy) is 1. The minimum Gasteiger partial charge on any atom is -0.463 e. The lowest BCUT2D eigenvalue weighted by Crippen LogP contribution is -2.39. The summed E-state index contributed by atoms with van der Waals surface area (Å²) in [5.74, 6) is -0.482. The summed E-state index contributed by atoms with van der Waals surface area (Å²) in [4.78, 5) is 34.9. The second kappa shape index (κ2) is 8.50. The molecule has 166 valence electrons. The van der Waals surface area contributed by atoms with Crippen molar-refractivity contribution < 1.29 is 9.53 Å². The quantitative estimate of drug-likeness (QED) is 0.452. The first kappa shape index (κ1) is 21.4. The molecule has 0 amide bonds. The number of aromatic amines is 1. The van der Waals surface area contributed by atoms with Gasteiger partial charge >= 0.3 is 5.97 Å². The predicted molar refractivity (Wildman–Crippen MR) is 130 cm³/mol. The number of benzene rings is 2. The van der Waals surface area contributed by atoms with E-state index in [2.05, 4.69) is 9.98 Å². The Morgan fingerprint density at radius 2 is 2.00 bits per heavy atom. The Bertz CT molecular complexity index is 1590. The van der Waals surface area contributed by atoms with E-state index in [4.69, 9.17) is 16.3 Å². The van der Waals surface area contributed by atoms with Gasteiger partial charge < -0.3 is 9.72 Å². The zero-order chi connectivity index (χ0) is 23.1. The summed E-state index contributed by atoms with van der Waals surface area (Å²) in [6.45, 7) is 3.75. The van der Waals surface area contributed by atoms with E-state index in [1.807, 2.05) is 48.7 Å². The van der Waals surface area contributed by atoms with Gasteiger partial charge in [0.1, 0.15) is 0 Å². The molecule has 0 saturated carbocycles. The van der Waals surface area contributed by atoms with Crippen LogP contribution in [-0.2, 0) is 9.53 Å². The number of aromatic nitrogens is 2. The number of esters is 1. The molecule has 1 N–H and O–H groups in total. The van der Waals surface area contributed by atoms with Crippen molar-refractivity contribution in [3.8, 4) is 0 Å². The van der Waals surface area contributed by atoms with Crippen LogP contribution in [0, 0.1) is 0 Å². The van der Waals surface area contributed by atoms with E-state index < -0.39 is 12.0 Å². The number of nitrogens with zero attached hydrogens (tertiary/aromatic N) is 2. The normalized spacial score (nSPS) is 16.1. The molecular formula is C25H20ClN3O3S. The molecule has 0 saturated heterocycles. The number of halogens is 1. The Labute approximate surface area is 198 Å². The van der Waals surface area contributed by atoms with E-state index in [0.29, 0.717) is 25.6 Å². The number of H-pyrrole nitrogens is 1. The predicted octanol–water partition coefficient (Wildman–Crippen LogP) is 3.93. The van der Waals surface area contributed by atoms with Crippen LogP contribution in [0.3, 0.4) is 0 Å². The molecule has 0 aliphatic carbocycles. The first-order chi connectivity index (χ1) is 16.0. The number of thiazole rings is 1. The standard InChI is InChI=1S/C25H20ClN3O3S/c1-3-32-24(31)21-14(2)28-25-29(22(21)15-8-10-17(26)11-9-15)23(30)20(33-25)12-16-13-27-19-7-5-4-6-18(16)19/h4-13,22,27H,3H2,1-2H3/t22-/m0/s1. The van der Waals surface area contributed by atoms with Gasteiger partial charge in [0.25, 0.3) is 5.56 Å². The van der Waals surface area contributed by atoms with Gasteiger partial charge in [0.05, 0.1) is 28.5 Å². The van der Waals surface area contributed by atoms with E-state index in [1.54, 1.807) is 30.5 Å². The minimum atomic E-state index is -0.650. The van der Waals surface area contributed by atoms with Gasteiger partial charge in [-0.1, -0.05) is 53.3 Å². The zero-order valence-electron chi connectivity index (χ0n) is 18.0. The molecule has 0 bridgehead atoms. The first-order valence-corrected chi connectivity index (χ1v) is 11.7. The van der Waals surface area contributed by atoms with Gasteiger partial charge in [0.15, 0.2) is 4.80 Å². The molecule has 33 heavy (non-hydrogen) atoms. The third-order valence-electron chi connectivity index (χ3n) is 5.61. The van der Waals surface area contributed by atoms with Gasteiger partial charge in [0, 0.05) is 27.7 Å². The van der Waals surface area contributed by atoms with Crippen LogP contribution in [0.2, 0.25) is 5.02 Å². The van der Waals surface area contributed by atoms with Crippen molar-refractivity contribution in [2.75, 3.05) is 6.61 Å². The average molecular weight is 478 g/mol. The van der Waals surface area contributed by atoms with E-state index >= 15 is 0 Å². The Kier molecular flexibility index (Phi) is 5.52. The second-order valence-electron chi connectivity index (χ2n) is 7.64. The lowest BCUT2D eigenvalue weighted by Gasteiger charge is -2.24. The lowest BCUT2D eigenvalue weighted by atomic mass is 9.96. The van der Waals surface area contributed by atoms with Gasteiger partial charge in [-0.15, -0.1) is 0 Å². The van der Waals surface area contributed by atoms with Gasteiger partial charge in [0.2, 0.25) is 0 Å². The molecule has 4 aromatic rings. The molecule has 0 fully saturated rings. The van der Waals surface area contributed by atoms with Crippen LogP contribution in [0.1, 0.15) is 31.0 Å². The Balaban J connectivity index is 1.74. The number of hydrogen-bond acceptors (Lipinski definition) is 5. The average Bonchev–Trinajstić information content (AvgIpc) is 3.35. The monoisotopic (exact) mass is 477 g/mol. The van der Waals surface area contributed by atoms with E-state index in [-0.39, 0.29) is 12.2 Å². The molecule has 2 aromatic heterocycles. The summed E-state index contributed by atoms with van der Waals surface area (Å²) in [5, 5.41) is 1.60. The van der Waals surface area contributed by atoms with Crippen LogP contribution in [0.25, 0.3) is 17.0 Å². The molecule has 0 radical (unpaired) electrons. The highest BCUT2D eigenvalue weighted by atomic mass is 35.5. The fourth-order valence-corrected chi connectivity index (χ4v) is 5.27. The van der Waals surface area contributed by atoms with Crippen molar-refractivity contribution in [2.24, 2.45) is 4.99 Å². The summed E-state index contributed by atoms with van der Waals surface area (Å²) >= 11 is 7.40. The number of fused-ring (bicyclic) bond motifs is 2. The third-order valence-corrected chi connectivity index (χ3v) is 6.85. The number of para-hydroxylation sites is 1. The van der Waals surface area contributed by atoms with E-state index in [1.165, 1.54) is 11.3 Å². The molecule has 6 nitrogen and oxygen atoms in total. The van der Waals surface area contributed by atoms with Crippen molar-refractivity contribution in [2.45, 2.75) is 19.9 Å². The molecule has 1 atom stereocenters. The van der Waals surface area contributed by atoms with Crippen molar-refractivity contribution in [3.05, 3.63) is 102 Å². The summed E-state index contributed by atoms with van der Waals surface area (Å²) in [6, 6.07) is 14.4. The summed E-state index contributed by atoms with van der Waals surface area (Å²) in [5.41, 5.74) is 3.35. The number of carbonyl (C=O) groups is 1. The maximum absolute atomic E-state index is 13.6. The summed E-state index contributed by atoms with van der Waals surface area (Å²) < 4.78 is 7.43. The molecule has 1 aliphatic heterocycles. The number of hydrogen-bond donors (Lipinski definition) is 1. The maximum Gasteiger partial charge on any atom is 0.338 e. The highest BCUT2D eigenvalue weighted by Gasteiger charge is 2.33. The number of rotatable bonds is 4. The van der Waals surface area contributed by atoms with Gasteiger partial charge in [-0.2, -0.15) is 0 Å². The number of nitrogens with one attached hydrogen (secondary N) is 1. The number of allylic oxidation sites excluding steroid dienone is 1. The first-order valence-electron chi connectivity index (χ1n) is 10.5. The SMILES string of the molecule is CCOC(=O)C1=C(C)N=c2sc(=Cc3c[nH]c4ccccc34)c(=O)n2[C@H]1c1ccc(Cl)cc1. The Hall–Kier alpha value is -3.42. The third kappa shape index (κ3) is 3.73. The maximum atomic E-state index is 13.6. The largest absolute Gasteiger partial charge is 0.463 e. The molecular weight excluding hydrogens is 458 g/mol. The Morgan fingerprint density at radius 1 is 1.24 bits per heavy atom. The van der Waals surface area contributed by atoms with Gasteiger partial charge in [-0.3, -0.25) is 9.36 Å². The highest BCUT2D eigenvalue weighted by Crippen LogP contribution is 2.31. The highest BCUT2D eigenvalue weighted by molar-refractivity contribution is 7.07. The molecule has 1 aliphatic rings. The summed E-state index contributed by atoms with van der Waals surface area (Å²) in [7, 11) is 0. The van der Waals surface area contributed by atoms with Crippen molar-refractivity contribution >= 4 is 45.9 Å². The summed E-state index contributed by atoms with van der Waals surface area (Å²) in [6.07, 6.45) is 3.75. The van der Waals surface area contributed by atoms with Crippen LogP contribution in [-0.4, -0.2) is 22.1 Å². The molecule has 0 unspecified atom stereocenters. The second-order valence-corrected chi connectivity index (χ2v) is 9.09. The molecule has 0 spiro atoms. The smallest absolute Gasteiger partial charge is 0.338 e. The minimum absolute atomic E-state index is 0.210. The van der Waals surface area contributed by atoms with Gasteiger partial charge in [-0.05, 0) is 43.7 Å². The van der Waals surface area contributed by atoms with Gasteiger partial charge in [-0.25, -0.2) is 9.79 Å². The molecule has 5 rings (SSSR count). The van der Waals surface area contributed by atoms with Crippen molar-refractivity contribution in [1.82, 2.24) is 9.55 Å². The fraction of sp³-hybridized carbons (Fsp3) is 0.160. The zero-order valence-corrected chi connectivity index (χ0v) is 19.5. The van der Waals surface area contributed by atoms with Crippen LogP contribution in [0.15, 0.2) is 75.8 Å². The van der Waals surface area contributed by atoms with Crippen molar-refractivity contribution in [3.63, 3.8) is 0 Å². The van der Waals surface area contributed by atoms with E-state index in [9.17, 15) is 9.59 Å². The van der Waals surface area contributed by atoms with Crippen LogP contribution < -0.4 is 14.9 Å². The van der Waals surface area contributed by atoms with Crippen molar-refractivity contribution in [1.29, 1.82) is 0 Å². The molecule has 3 heterocycles. The topological polar surface area (TPSA) is 76.4 Å². The molecule has 8 heteroatoms. The van der Waals surface area contributed by atoms with Crippen LogP contribution in [0.5, 0.6) is 0 Å². The van der Waals surface area contributed by atoms with Crippen LogP contribution >= 0.6 is 22.9 Å². The number of carbonyl (C=O) groups excluding carboxylic acids is 1. The Morgan fingerprint density at radius 3 is 2.76 bits per heavy atom. The molecule has 2 aromatic carbocycles.